The molecule has 0 radical (unpaired) electrons. The van der Waals surface area contributed by atoms with Crippen LogP contribution in [0.2, 0.25) is 0 Å². The number of carbonyl (C=O) groups is 1. The second-order valence-corrected chi connectivity index (χ2v) is 6.48. The van der Waals surface area contributed by atoms with Crippen molar-refractivity contribution in [1.29, 1.82) is 0 Å². The SMILES string of the molecule is CNC(=O)C1=CC(Oc2ccc3nc(Nc4cccnc4)ncc3c2)=CCN1C. The molecule has 4 rings (SSSR count). The Balaban J connectivity index is 1.53. The lowest BCUT2D eigenvalue weighted by Gasteiger charge is -2.24. The Hall–Kier alpha value is -3.94. The van der Waals surface area contributed by atoms with Crippen LogP contribution in [0.15, 0.2) is 72.5 Å². The molecular formula is C21H20N6O2. The number of benzene rings is 1. The van der Waals surface area contributed by atoms with Crippen LogP contribution in [0.4, 0.5) is 11.6 Å². The molecule has 0 saturated heterocycles. The summed E-state index contributed by atoms with van der Waals surface area (Å²) < 4.78 is 5.96. The van der Waals surface area contributed by atoms with E-state index in [0.29, 0.717) is 29.7 Å². The van der Waals surface area contributed by atoms with E-state index in [-0.39, 0.29) is 5.91 Å². The Labute approximate surface area is 167 Å². The molecule has 3 heterocycles. The summed E-state index contributed by atoms with van der Waals surface area (Å²) in [5.41, 5.74) is 2.16. The number of ether oxygens (including phenoxy) is 1. The Morgan fingerprint density at radius 1 is 1.24 bits per heavy atom. The van der Waals surface area contributed by atoms with Crippen LogP contribution >= 0.6 is 0 Å². The molecular weight excluding hydrogens is 368 g/mol. The third-order valence-electron chi connectivity index (χ3n) is 4.42. The molecule has 1 aliphatic rings. The van der Waals surface area contributed by atoms with Crippen LogP contribution in [0.3, 0.4) is 0 Å². The molecule has 0 unspecified atom stereocenters. The molecule has 3 aromatic rings. The van der Waals surface area contributed by atoms with Crippen molar-refractivity contribution in [3.05, 3.63) is 72.5 Å². The van der Waals surface area contributed by atoms with Gasteiger partial charge in [-0.1, -0.05) is 0 Å². The summed E-state index contributed by atoms with van der Waals surface area (Å²) >= 11 is 0. The fourth-order valence-corrected chi connectivity index (χ4v) is 2.90. The number of allylic oxidation sites excluding steroid dienone is 1. The van der Waals surface area contributed by atoms with Crippen molar-refractivity contribution in [3.8, 4) is 5.75 Å². The van der Waals surface area contributed by atoms with Crippen LogP contribution in [0, 0.1) is 0 Å². The van der Waals surface area contributed by atoms with Crippen LogP contribution < -0.4 is 15.4 Å². The van der Waals surface area contributed by atoms with E-state index in [4.69, 9.17) is 4.74 Å². The topological polar surface area (TPSA) is 92.3 Å². The van der Waals surface area contributed by atoms with Gasteiger partial charge in [0.25, 0.3) is 5.91 Å². The number of fused-ring (bicyclic) bond motifs is 1. The van der Waals surface area contributed by atoms with Crippen LogP contribution in [-0.2, 0) is 4.79 Å². The van der Waals surface area contributed by atoms with Gasteiger partial charge >= 0.3 is 0 Å². The quantitative estimate of drug-likeness (QED) is 0.694. The van der Waals surface area contributed by atoms with Gasteiger partial charge in [-0.25, -0.2) is 9.97 Å². The number of hydrogen-bond donors (Lipinski definition) is 2. The number of anilines is 2. The van der Waals surface area contributed by atoms with Crippen LogP contribution in [0.1, 0.15) is 0 Å². The van der Waals surface area contributed by atoms with Gasteiger partial charge in [0.1, 0.15) is 17.2 Å². The minimum Gasteiger partial charge on any atom is -0.458 e. The maximum absolute atomic E-state index is 12.0. The number of carbonyl (C=O) groups excluding carboxylic acids is 1. The van der Waals surface area contributed by atoms with Gasteiger partial charge < -0.3 is 20.3 Å². The summed E-state index contributed by atoms with van der Waals surface area (Å²) in [6.07, 6.45) is 8.81. The lowest BCUT2D eigenvalue weighted by molar-refractivity contribution is -0.118. The lowest BCUT2D eigenvalue weighted by Crippen LogP contribution is -2.33. The summed E-state index contributed by atoms with van der Waals surface area (Å²) in [6.45, 7) is 0.592. The molecule has 0 bridgehead atoms. The molecule has 8 heteroatoms. The molecule has 0 fully saturated rings. The fourth-order valence-electron chi connectivity index (χ4n) is 2.90. The van der Waals surface area contributed by atoms with E-state index in [9.17, 15) is 4.79 Å². The number of amides is 1. The first-order valence-electron chi connectivity index (χ1n) is 9.09. The predicted molar refractivity (Wildman–Crippen MR) is 111 cm³/mol. The van der Waals surface area contributed by atoms with E-state index in [1.54, 1.807) is 31.7 Å². The Bertz CT molecular complexity index is 1110. The van der Waals surface area contributed by atoms with Crippen LogP contribution in [0.25, 0.3) is 10.9 Å². The zero-order valence-electron chi connectivity index (χ0n) is 16.1. The Morgan fingerprint density at radius 2 is 2.14 bits per heavy atom. The zero-order valence-corrected chi connectivity index (χ0v) is 16.1. The highest BCUT2D eigenvalue weighted by Gasteiger charge is 2.17. The highest BCUT2D eigenvalue weighted by atomic mass is 16.5. The van der Waals surface area contributed by atoms with Crippen LogP contribution in [-0.4, -0.2) is 46.4 Å². The van der Waals surface area contributed by atoms with E-state index >= 15 is 0 Å². The molecule has 1 aliphatic heterocycles. The number of aromatic nitrogens is 3. The van der Waals surface area contributed by atoms with Gasteiger partial charge in [-0.3, -0.25) is 9.78 Å². The second-order valence-electron chi connectivity index (χ2n) is 6.48. The molecule has 2 aromatic heterocycles. The van der Waals surface area contributed by atoms with Gasteiger partial charge in [-0.15, -0.1) is 0 Å². The smallest absolute Gasteiger partial charge is 0.267 e. The summed E-state index contributed by atoms with van der Waals surface area (Å²) in [7, 11) is 3.47. The third-order valence-corrected chi connectivity index (χ3v) is 4.42. The van der Waals surface area contributed by atoms with E-state index in [2.05, 4.69) is 25.6 Å². The first kappa shape index (κ1) is 18.4. The minimum atomic E-state index is -0.151. The van der Waals surface area contributed by atoms with Crippen molar-refractivity contribution in [2.45, 2.75) is 0 Å². The monoisotopic (exact) mass is 388 g/mol. The standard InChI is InChI=1S/C21H20N6O2/c1-22-20(28)19-11-17(7-9-27(19)2)29-16-5-6-18-14(10-16)12-24-21(26-18)25-15-4-3-8-23-13-15/h3-8,10-13H,9H2,1-2H3,(H,22,28)(H,24,25,26). The molecule has 1 amide bonds. The van der Waals surface area contributed by atoms with Gasteiger partial charge in [-0.2, -0.15) is 0 Å². The highest BCUT2D eigenvalue weighted by molar-refractivity contribution is 5.93. The average molecular weight is 388 g/mol. The van der Waals surface area contributed by atoms with Crippen molar-refractivity contribution in [2.24, 2.45) is 0 Å². The van der Waals surface area contributed by atoms with Crippen molar-refractivity contribution < 1.29 is 9.53 Å². The molecule has 0 saturated carbocycles. The van der Waals surface area contributed by atoms with Crippen LogP contribution in [0.5, 0.6) is 5.75 Å². The zero-order chi connectivity index (χ0) is 20.2. The number of hydrogen-bond acceptors (Lipinski definition) is 7. The van der Waals surface area contributed by atoms with Crippen molar-refractivity contribution in [2.75, 3.05) is 26.0 Å². The van der Waals surface area contributed by atoms with E-state index in [1.807, 2.05) is 48.4 Å². The average Bonchev–Trinajstić information content (AvgIpc) is 2.75. The third kappa shape index (κ3) is 4.16. The van der Waals surface area contributed by atoms with E-state index in [1.165, 1.54) is 0 Å². The number of nitrogens with zero attached hydrogens (tertiary/aromatic N) is 4. The lowest BCUT2D eigenvalue weighted by atomic mass is 10.2. The normalized spacial score (nSPS) is 13.5. The number of rotatable bonds is 5. The predicted octanol–water partition coefficient (Wildman–Crippen LogP) is 2.61. The van der Waals surface area contributed by atoms with Gasteiger partial charge in [-0.05, 0) is 36.4 Å². The molecule has 8 nitrogen and oxygen atoms in total. The maximum atomic E-state index is 12.0. The molecule has 0 atom stereocenters. The van der Waals surface area contributed by atoms with Gasteiger partial charge in [0.05, 0.1) is 17.4 Å². The minimum absolute atomic E-state index is 0.151. The molecule has 29 heavy (non-hydrogen) atoms. The first-order valence-corrected chi connectivity index (χ1v) is 9.09. The maximum Gasteiger partial charge on any atom is 0.267 e. The van der Waals surface area contributed by atoms with E-state index < -0.39 is 0 Å². The molecule has 1 aromatic carbocycles. The van der Waals surface area contributed by atoms with Gasteiger partial charge in [0, 0.05) is 44.5 Å². The second kappa shape index (κ2) is 7.97. The summed E-state index contributed by atoms with van der Waals surface area (Å²) in [4.78, 5) is 26.8. The summed E-state index contributed by atoms with van der Waals surface area (Å²) in [6, 6.07) is 9.33. The molecule has 2 N–H and O–H groups in total. The van der Waals surface area contributed by atoms with Gasteiger partial charge in [0.2, 0.25) is 5.95 Å². The molecule has 0 aliphatic carbocycles. The molecule has 146 valence electrons. The molecule has 0 spiro atoms. The van der Waals surface area contributed by atoms with Crippen molar-refractivity contribution >= 4 is 28.4 Å². The number of likely N-dealkylation sites (N-methyl/N-ethyl adjacent to an activating group) is 2. The largest absolute Gasteiger partial charge is 0.458 e. The fraction of sp³-hybridized carbons (Fsp3) is 0.143. The Kier molecular flexibility index (Phi) is 5.07. The number of pyridine rings is 1. The Morgan fingerprint density at radius 3 is 2.93 bits per heavy atom. The van der Waals surface area contributed by atoms with Crippen molar-refractivity contribution in [3.63, 3.8) is 0 Å². The number of nitrogens with one attached hydrogen (secondary N) is 2. The highest BCUT2D eigenvalue weighted by Crippen LogP contribution is 2.24. The van der Waals surface area contributed by atoms with E-state index in [0.717, 1.165) is 16.6 Å². The van der Waals surface area contributed by atoms with Gasteiger partial charge in [0.15, 0.2) is 0 Å². The van der Waals surface area contributed by atoms with Crippen molar-refractivity contribution in [1.82, 2.24) is 25.2 Å². The summed E-state index contributed by atoms with van der Waals surface area (Å²) in [5, 5.41) is 6.61. The summed E-state index contributed by atoms with van der Waals surface area (Å²) in [5.74, 6) is 1.62. The first-order chi connectivity index (χ1) is 14.1.